The summed E-state index contributed by atoms with van der Waals surface area (Å²) < 4.78 is 19.5. The molecule has 5 heteroatoms. The van der Waals surface area contributed by atoms with Crippen LogP contribution in [0.5, 0.6) is 5.75 Å². The second-order valence-electron chi connectivity index (χ2n) is 4.08. The van der Waals surface area contributed by atoms with Crippen molar-refractivity contribution in [3.63, 3.8) is 0 Å². The Morgan fingerprint density at radius 3 is 2.60 bits per heavy atom. The van der Waals surface area contributed by atoms with Gasteiger partial charge in [0, 0.05) is 5.56 Å². The summed E-state index contributed by atoms with van der Waals surface area (Å²) in [7, 11) is 0. The predicted octanol–water partition coefficient (Wildman–Crippen LogP) is 3.87. The molecule has 4 nitrogen and oxygen atoms in total. The molecule has 0 saturated carbocycles. The summed E-state index contributed by atoms with van der Waals surface area (Å²) in [5, 5.41) is 11.4. The van der Waals surface area contributed by atoms with E-state index in [1.165, 1.54) is 12.1 Å². The lowest BCUT2D eigenvalue weighted by Gasteiger charge is -2.10. The average molecular weight is 270 g/mol. The third-order valence-corrected chi connectivity index (χ3v) is 2.77. The van der Waals surface area contributed by atoms with E-state index < -0.39 is 5.82 Å². The molecule has 0 aliphatic heterocycles. The zero-order valence-corrected chi connectivity index (χ0v) is 10.5. The van der Waals surface area contributed by atoms with Crippen LogP contribution in [0.4, 0.5) is 10.1 Å². The minimum Gasteiger partial charge on any atom is -0.486 e. The molecular weight excluding hydrogens is 259 g/mol. The number of nitriles is 1. The van der Waals surface area contributed by atoms with Crippen molar-refractivity contribution in [1.29, 1.82) is 5.26 Å². The Morgan fingerprint density at radius 1 is 1.20 bits per heavy atom. The van der Waals surface area contributed by atoms with Crippen LogP contribution in [0.2, 0.25) is 0 Å². The van der Waals surface area contributed by atoms with Crippen molar-refractivity contribution in [2.24, 2.45) is 5.18 Å². The molecule has 0 bridgehead atoms. The maximum Gasteiger partial charge on any atom is 0.171 e. The lowest BCUT2D eigenvalue weighted by Crippen LogP contribution is -2.00. The molecule has 2 rings (SSSR count). The van der Waals surface area contributed by atoms with Gasteiger partial charge in [0.15, 0.2) is 11.6 Å². The van der Waals surface area contributed by atoms with Crippen molar-refractivity contribution >= 4 is 5.69 Å². The van der Waals surface area contributed by atoms with Crippen LogP contribution in [-0.2, 0) is 13.0 Å². The highest BCUT2D eigenvalue weighted by Crippen LogP contribution is 2.30. The summed E-state index contributed by atoms with van der Waals surface area (Å²) in [6.07, 6.45) is -0.227. The van der Waals surface area contributed by atoms with Gasteiger partial charge < -0.3 is 4.74 Å². The van der Waals surface area contributed by atoms with E-state index in [4.69, 9.17) is 10.00 Å². The maximum atomic E-state index is 14.1. The van der Waals surface area contributed by atoms with Gasteiger partial charge in [-0.2, -0.15) is 5.26 Å². The number of ether oxygens (including phenoxy) is 1. The Kier molecular flexibility index (Phi) is 4.40. The van der Waals surface area contributed by atoms with Crippen LogP contribution < -0.4 is 4.74 Å². The standard InChI is InChI=1S/C15H11FN2O2/c16-15-12(8-9-17)13(18-19)6-7-14(15)20-10-11-4-2-1-3-5-11/h1-7H,8,10H2. The van der Waals surface area contributed by atoms with E-state index in [9.17, 15) is 9.30 Å². The molecule has 0 spiro atoms. The molecule has 100 valence electrons. The zero-order chi connectivity index (χ0) is 14.4. The van der Waals surface area contributed by atoms with Crippen LogP contribution in [0.25, 0.3) is 0 Å². The fourth-order valence-electron chi connectivity index (χ4n) is 1.77. The van der Waals surface area contributed by atoms with Gasteiger partial charge in [-0.1, -0.05) is 30.3 Å². The molecule has 0 heterocycles. The van der Waals surface area contributed by atoms with Crippen LogP contribution >= 0.6 is 0 Å². The molecule has 20 heavy (non-hydrogen) atoms. The molecule has 0 N–H and O–H groups in total. The van der Waals surface area contributed by atoms with Gasteiger partial charge in [-0.15, -0.1) is 4.91 Å². The van der Waals surface area contributed by atoms with Crippen LogP contribution in [0.15, 0.2) is 47.6 Å². The van der Waals surface area contributed by atoms with Gasteiger partial charge in [-0.25, -0.2) is 4.39 Å². The number of benzene rings is 2. The number of hydrogen-bond acceptors (Lipinski definition) is 4. The monoisotopic (exact) mass is 270 g/mol. The fraction of sp³-hybridized carbons (Fsp3) is 0.133. The van der Waals surface area contributed by atoms with Crippen molar-refractivity contribution in [1.82, 2.24) is 0 Å². The first-order valence-corrected chi connectivity index (χ1v) is 5.94. The smallest absolute Gasteiger partial charge is 0.171 e. The normalized spacial score (nSPS) is 9.80. The molecular formula is C15H11FN2O2. The number of rotatable bonds is 5. The van der Waals surface area contributed by atoms with Gasteiger partial charge in [0.2, 0.25) is 0 Å². The lowest BCUT2D eigenvalue weighted by atomic mass is 10.1. The molecule has 0 radical (unpaired) electrons. The second kappa shape index (κ2) is 6.43. The Balaban J connectivity index is 2.22. The highest BCUT2D eigenvalue weighted by Gasteiger charge is 2.15. The Bertz CT molecular complexity index is 651. The van der Waals surface area contributed by atoms with Gasteiger partial charge in [0.25, 0.3) is 0 Å². The quantitative estimate of drug-likeness (QED) is 0.775. The first-order valence-electron chi connectivity index (χ1n) is 5.94. The molecule has 0 saturated heterocycles. The third-order valence-electron chi connectivity index (χ3n) is 2.77. The Hall–Kier alpha value is -2.74. The van der Waals surface area contributed by atoms with Crippen molar-refractivity contribution in [3.05, 3.63) is 64.3 Å². The summed E-state index contributed by atoms with van der Waals surface area (Å²) in [5.41, 5.74) is 0.787. The average Bonchev–Trinajstić information content (AvgIpc) is 2.49. The number of nitroso groups, excluding NO2 is 1. The van der Waals surface area contributed by atoms with Crippen LogP contribution in [0, 0.1) is 22.1 Å². The molecule has 0 aliphatic carbocycles. The SMILES string of the molecule is N#CCc1c(N=O)ccc(OCc2ccccc2)c1F. The minimum absolute atomic E-state index is 0.00602. The van der Waals surface area contributed by atoms with Gasteiger partial charge in [-0.3, -0.25) is 0 Å². The van der Waals surface area contributed by atoms with E-state index in [0.29, 0.717) is 0 Å². The maximum absolute atomic E-state index is 14.1. The lowest BCUT2D eigenvalue weighted by molar-refractivity contribution is 0.289. The van der Waals surface area contributed by atoms with E-state index in [2.05, 4.69) is 5.18 Å². The molecule has 0 fully saturated rings. The third kappa shape index (κ3) is 2.98. The topological polar surface area (TPSA) is 62.5 Å². The molecule has 0 aromatic heterocycles. The van der Waals surface area contributed by atoms with Crippen molar-refractivity contribution in [2.45, 2.75) is 13.0 Å². The number of halogens is 1. The predicted molar refractivity (Wildman–Crippen MR) is 71.9 cm³/mol. The van der Waals surface area contributed by atoms with Crippen molar-refractivity contribution in [2.75, 3.05) is 0 Å². The molecule has 0 aliphatic rings. The highest BCUT2D eigenvalue weighted by molar-refractivity contribution is 5.52. The summed E-state index contributed by atoms with van der Waals surface area (Å²) in [4.78, 5) is 10.6. The van der Waals surface area contributed by atoms with E-state index in [1.807, 2.05) is 30.3 Å². The van der Waals surface area contributed by atoms with E-state index in [-0.39, 0.29) is 30.0 Å². The molecule has 0 amide bonds. The summed E-state index contributed by atoms with van der Waals surface area (Å²) in [6.45, 7) is 0.206. The van der Waals surface area contributed by atoms with Crippen molar-refractivity contribution < 1.29 is 9.13 Å². The van der Waals surface area contributed by atoms with Crippen molar-refractivity contribution in [3.8, 4) is 11.8 Å². The minimum atomic E-state index is -0.709. The fourth-order valence-corrected chi connectivity index (χ4v) is 1.77. The van der Waals surface area contributed by atoms with Crippen LogP contribution in [-0.4, -0.2) is 0 Å². The molecule has 0 atom stereocenters. The summed E-state index contributed by atoms with van der Waals surface area (Å²) in [6, 6.07) is 13.8. The summed E-state index contributed by atoms with van der Waals surface area (Å²) >= 11 is 0. The van der Waals surface area contributed by atoms with Gasteiger partial charge in [0.1, 0.15) is 12.3 Å². The molecule has 0 unspecified atom stereocenters. The first-order chi connectivity index (χ1) is 9.76. The second-order valence-corrected chi connectivity index (χ2v) is 4.08. The first kappa shape index (κ1) is 13.7. The van der Waals surface area contributed by atoms with E-state index >= 15 is 0 Å². The van der Waals surface area contributed by atoms with Crippen LogP contribution in [0.3, 0.4) is 0 Å². The number of hydrogen-bond donors (Lipinski definition) is 0. The highest BCUT2D eigenvalue weighted by atomic mass is 19.1. The summed E-state index contributed by atoms with van der Waals surface area (Å²) in [5.74, 6) is -0.703. The van der Waals surface area contributed by atoms with Gasteiger partial charge in [0.05, 0.1) is 12.5 Å². The Morgan fingerprint density at radius 2 is 1.95 bits per heavy atom. The molecule has 2 aromatic carbocycles. The van der Waals surface area contributed by atoms with E-state index in [1.54, 1.807) is 6.07 Å². The van der Waals surface area contributed by atoms with Gasteiger partial charge >= 0.3 is 0 Å². The van der Waals surface area contributed by atoms with Crippen LogP contribution in [0.1, 0.15) is 11.1 Å². The number of nitrogens with zero attached hydrogens (tertiary/aromatic N) is 2. The Labute approximate surface area is 115 Å². The van der Waals surface area contributed by atoms with Gasteiger partial charge in [-0.05, 0) is 22.9 Å². The van der Waals surface area contributed by atoms with E-state index in [0.717, 1.165) is 5.56 Å². The largest absolute Gasteiger partial charge is 0.486 e. The zero-order valence-electron chi connectivity index (χ0n) is 10.5. The molecule has 2 aromatic rings.